The molecule has 0 bridgehead atoms. The first-order valence-corrected chi connectivity index (χ1v) is 5.09. The first-order chi connectivity index (χ1) is 6.16. The molecule has 1 fully saturated rings. The third-order valence-corrected chi connectivity index (χ3v) is 2.58. The molecule has 0 aliphatic heterocycles. The summed E-state index contributed by atoms with van der Waals surface area (Å²) >= 11 is 0. The highest BCUT2D eigenvalue weighted by atomic mass is 16.3. The standard InChI is InChI=1S/C12H18O/c1-3-11(2)7-10-12(13)8-5-4-6-9-12/h13H,2-6,8-9H2,1H3. The van der Waals surface area contributed by atoms with Gasteiger partial charge in [0.15, 0.2) is 0 Å². The Kier molecular flexibility index (Phi) is 3.57. The maximum atomic E-state index is 10.0. The van der Waals surface area contributed by atoms with Gasteiger partial charge in [0, 0.05) is 0 Å². The molecule has 1 N–H and O–H groups in total. The maximum absolute atomic E-state index is 10.0. The highest BCUT2D eigenvalue weighted by Gasteiger charge is 2.26. The smallest absolute Gasteiger partial charge is 0.125 e. The second kappa shape index (κ2) is 4.48. The molecule has 1 aliphatic rings. The summed E-state index contributed by atoms with van der Waals surface area (Å²) in [6.07, 6.45) is 5.98. The normalized spacial score (nSPS) is 20.2. The Morgan fingerprint density at radius 1 is 1.38 bits per heavy atom. The summed E-state index contributed by atoms with van der Waals surface area (Å²) in [6.45, 7) is 5.83. The van der Waals surface area contributed by atoms with Gasteiger partial charge in [-0.2, -0.15) is 0 Å². The molecule has 1 heteroatoms. The molecule has 0 unspecified atom stereocenters. The van der Waals surface area contributed by atoms with Gasteiger partial charge in [-0.05, 0) is 37.7 Å². The van der Waals surface area contributed by atoms with E-state index < -0.39 is 5.60 Å². The van der Waals surface area contributed by atoms with E-state index in [0.29, 0.717) is 0 Å². The summed E-state index contributed by atoms with van der Waals surface area (Å²) in [5.74, 6) is 5.90. The van der Waals surface area contributed by atoms with Gasteiger partial charge in [-0.15, -0.1) is 0 Å². The molecular formula is C12H18O. The van der Waals surface area contributed by atoms with Crippen LogP contribution in [0.25, 0.3) is 0 Å². The molecule has 0 aromatic carbocycles. The predicted molar refractivity (Wildman–Crippen MR) is 55.2 cm³/mol. The Bertz CT molecular complexity index is 236. The third kappa shape index (κ3) is 3.24. The van der Waals surface area contributed by atoms with Gasteiger partial charge in [0.25, 0.3) is 0 Å². The van der Waals surface area contributed by atoms with Crippen LogP contribution in [0.5, 0.6) is 0 Å². The van der Waals surface area contributed by atoms with Crippen LogP contribution in [-0.2, 0) is 0 Å². The second-order valence-electron chi connectivity index (χ2n) is 3.80. The highest BCUT2D eigenvalue weighted by molar-refractivity contribution is 5.29. The fourth-order valence-electron chi connectivity index (χ4n) is 1.55. The molecule has 72 valence electrons. The Morgan fingerprint density at radius 2 is 2.00 bits per heavy atom. The minimum absolute atomic E-state index is 0.712. The van der Waals surface area contributed by atoms with Crippen molar-refractivity contribution in [1.82, 2.24) is 0 Å². The number of aliphatic hydroxyl groups is 1. The van der Waals surface area contributed by atoms with Gasteiger partial charge in [0.05, 0.1) is 0 Å². The van der Waals surface area contributed by atoms with Crippen LogP contribution in [0.1, 0.15) is 45.4 Å². The summed E-state index contributed by atoms with van der Waals surface area (Å²) in [5.41, 5.74) is 0.204. The summed E-state index contributed by atoms with van der Waals surface area (Å²) < 4.78 is 0. The minimum atomic E-state index is -0.712. The molecule has 0 radical (unpaired) electrons. The van der Waals surface area contributed by atoms with Crippen LogP contribution in [0.2, 0.25) is 0 Å². The van der Waals surface area contributed by atoms with Crippen molar-refractivity contribution < 1.29 is 5.11 Å². The van der Waals surface area contributed by atoms with E-state index in [0.717, 1.165) is 37.7 Å². The van der Waals surface area contributed by atoms with Gasteiger partial charge in [-0.25, -0.2) is 0 Å². The number of hydrogen-bond acceptors (Lipinski definition) is 1. The molecule has 0 aromatic rings. The van der Waals surface area contributed by atoms with Gasteiger partial charge in [0.1, 0.15) is 5.60 Å². The fraction of sp³-hybridized carbons (Fsp3) is 0.667. The lowest BCUT2D eigenvalue weighted by molar-refractivity contribution is 0.0610. The Labute approximate surface area is 80.9 Å². The molecule has 1 saturated carbocycles. The van der Waals surface area contributed by atoms with Crippen LogP contribution in [0.4, 0.5) is 0 Å². The van der Waals surface area contributed by atoms with Gasteiger partial charge in [-0.3, -0.25) is 0 Å². The fourth-order valence-corrected chi connectivity index (χ4v) is 1.55. The van der Waals surface area contributed by atoms with Gasteiger partial charge in [0.2, 0.25) is 0 Å². The summed E-state index contributed by atoms with van der Waals surface area (Å²) in [5, 5.41) is 10.0. The molecule has 1 nitrogen and oxygen atoms in total. The monoisotopic (exact) mass is 178 g/mol. The highest BCUT2D eigenvalue weighted by Crippen LogP contribution is 2.27. The van der Waals surface area contributed by atoms with Crippen molar-refractivity contribution in [2.75, 3.05) is 0 Å². The van der Waals surface area contributed by atoms with E-state index in [1.54, 1.807) is 0 Å². The van der Waals surface area contributed by atoms with Crippen LogP contribution in [0.15, 0.2) is 12.2 Å². The summed E-state index contributed by atoms with van der Waals surface area (Å²) in [7, 11) is 0. The van der Waals surface area contributed by atoms with Crippen molar-refractivity contribution >= 4 is 0 Å². The van der Waals surface area contributed by atoms with Gasteiger partial charge >= 0.3 is 0 Å². The molecule has 0 aromatic heterocycles. The van der Waals surface area contributed by atoms with Crippen LogP contribution in [0, 0.1) is 11.8 Å². The Morgan fingerprint density at radius 3 is 2.54 bits per heavy atom. The van der Waals surface area contributed by atoms with E-state index in [4.69, 9.17) is 0 Å². The van der Waals surface area contributed by atoms with Crippen molar-refractivity contribution in [2.24, 2.45) is 0 Å². The van der Waals surface area contributed by atoms with Crippen molar-refractivity contribution in [3.8, 4) is 11.8 Å². The Balaban J connectivity index is 2.57. The summed E-state index contributed by atoms with van der Waals surface area (Å²) in [6, 6.07) is 0. The first kappa shape index (κ1) is 10.3. The molecule has 13 heavy (non-hydrogen) atoms. The average Bonchev–Trinajstić information content (AvgIpc) is 2.15. The van der Waals surface area contributed by atoms with E-state index in [-0.39, 0.29) is 0 Å². The van der Waals surface area contributed by atoms with E-state index in [2.05, 4.69) is 18.4 Å². The number of rotatable bonds is 1. The van der Waals surface area contributed by atoms with E-state index in [1.165, 1.54) is 6.42 Å². The maximum Gasteiger partial charge on any atom is 0.125 e. The van der Waals surface area contributed by atoms with Crippen LogP contribution < -0.4 is 0 Å². The first-order valence-electron chi connectivity index (χ1n) is 5.09. The van der Waals surface area contributed by atoms with Crippen molar-refractivity contribution in [2.45, 2.75) is 51.0 Å². The number of allylic oxidation sites excluding steroid dienone is 1. The largest absolute Gasteiger partial charge is 0.378 e. The molecule has 0 heterocycles. The zero-order chi connectivity index (χ0) is 9.73. The van der Waals surface area contributed by atoms with Crippen LogP contribution in [-0.4, -0.2) is 10.7 Å². The van der Waals surface area contributed by atoms with Crippen LogP contribution in [0.3, 0.4) is 0 Å². The van der Waals surface area contributed by atoms with Gasteiger partial charge in [-0.1, -0.05) is 31.8 Å². The molecule has 0 saturated heterocycles. The van der Waals surface area contributed by atoms with Gasteiger partial charge < -0.3 is 5.11 Å². The van der Waals surface area contributed by atoms with Crippen molar-refractivity contribution in [1.29, 1.82) is 0 Å². The lowest BCUT2D eigenvalue weighted by atomic mass is 9.85. The molecule has 0 atom stereocenters. The SMILES string of the molecule is C=C(C#CC1(O)CCCCC1)CC. The minimum Gasteiger partial charge on any atom is -0.378 e. The third-order valence-electron chi connectivity index (χ3n) is 2.58. The topological polar surface area (TPSA) is 20.2 Å². The molecular weight excluding hydrogens is 160 g/mol. The number of hydrogen-bond donors (Lipinski definition) is 1. The van der Waals surface area contributed by atoms with Crippen LogP contribution >= 0.6 is 0 Å². The quantitative estimate of drug-likeness (QED) is 0.612. The van der Waals surface area contributed by atoms with E-state index in [9.17, 15) is 5.11 Å². The summed E-state index contributed by atoms with van der Waals surface area (Å²) in [4.78, 5) is 0. The molecule has 1 aliphatic carbocycles. The second-order valence-corrected chi connectivity index (χ2v) is 3.80. The van der Waals surface area contributed by atoms with Crippen molar-refractivity contribution in [3.05, 3.63) is 12.2 Å². The Hall–Kier alpha value is -0.740. The molecule has 0 spiro atoms. The zero-order valence-electron chi connectivity index (χ0n) is 8.40. The van der Waals surface area contributed by atoms with Crippen molar-refractivity contribution in [3.63, 3.8) is 0 Å². The lowest BCUT2D eigenvalue weighted by Gasteiger charge is -2.26. The lowest BCUT2D eigenvalue weighted by Crippen LogP contribution is -2.29. The molecule has 1 rings (SSSR count). The predicted octanol–water partition coefficient (Wildman–Crippen LogP) is 2.65. The average molecular weight is 178 g/mol. The molecule has 0 amide bonds. The van der Waals surface area contributed by atoms with E-state index in [1.807, 2.05) is 6.92 Å². The zero-order valence-corrected chi connectivity index (χ0v) is 8.40. The van der Waals surface area contributed by atoms with E-state index >= 15 is 0 Å².